The van der Waals surface area contributed by atoms with Crippen molar-refractivity contribution in [3.05, 3.63) is 50.1 Å². The van der Waals surface area contributed by atoms with Gasteiger partial charge in [0.05, 0.1) is 10.5 Å². The molecule has 8 heteroatoms. The van der Waals surface area contributed by atoms with E-state index in [1.54, 1.807) is 12.1 Å². The van der Waals surface area contributed by atoms with Crippen LogP contribution >= 0.6 is 27.3 Å². The number of aromatic nitrogens is 1. The Morgan fingerprint density at radius 2 is 2.10 bits per heavy atom. The van der Waals surface area contributed by atoms with E-state index in [0.717, 1.165) is 0 Å². The van der Waals surface area contributed by atoms with Crippen LogP contribution in [0.1, 0.15) is 28.4 Å². The third-order valence-corrected chi connectivity index (χ3v) is 4.45. The Kier molecular flexibility index (Phi) is 5.00. The van der Waals surface area contributed by atoms with Gasteiger partial charge in [-0.2, -0.15) is 13.2 Å². The zero-order valence-electron chi connectivity index (χ0n) is 10.8. The zero-order chi connectivity index (χ0) is 15.6. The average molecular weight is 383 g/mol. The van der Waals surface area contributed by atoms with E-state index in [1.165, 1.54) is 12.3 Å². The van der Waals surface area contributed by atoms with E-state index in [9.17, 15) is 17.6 Å². The molecular formula is C13H11BrF4N2S. The molecular weight excluding hydrogens is 372 g/mol. The fraction of sp³-hybridized carbons (Fsp3) is 0.308. The number of rotatable bonds is 4. The Balaban J connectivity index is 2.38. The highest BCUT2D eigenvalue weighted by molar-refractivity contribution is 9.10. The number of nitrogens with one attached hydrogen (secondary N) is 1. The molecule has 21 heavy (non-hydrogen) atoms. The molecule has 0 aliphatic heterocycles. The van der Waals surface area contributed by atoms with Gasteiger partial charge in [0.25, 0.3) is 0 Å². The molecule has 0 saturated heterocycles. The van der Waals surface area contributed by atoms with Crippen molar-refractivity contribution < 1.29 is 17.6 Å². The summed E-state index contributed by atoms with van der Waals surface area (Å²) in [7, 11) is 0. The van der Waals surface area contributed by atoms with Crippen molar-refractivity contribution in [3.8, 4) is 0 Å². The minimum absolute atomic E-state index is 0.267. The van der Waals surface area contributed by atoms with Crippen LogP contribution in [0.15, 0.2) is 28.9 Å². The molecule has 1 aromatic heterocycles. The lowest BCUT2D eigenvalue weighted by Gasteiger charge is -2.17. The predicted molar refractivity (Wildman–Crippen MR) is 76.7 cm³/mol. The van der Waals surface area contributed by atoms with Crippen LogP contribution in [0.25, 0.3) is 0 Å². The molecule has 1 unspecified atom stereocenters. The molecule has 0 saturated carbocycles. The number of alkyl halides is 3. The molecule has 1 N–H and O–H groups in total. The van der Waals surface area contributed by atoms with Crippen LogP contribution in [0.3, 0.4) is 0 Å². The predicted octanol–water partition coefficient (Wildman–Crippen LogP) is 4.76. The van der Waals surface area contributed by atoms with Gasteiger partial charge >= 0.3 is 6.18 Å². The molecule has 0 aliphatic rings. The van der Waals surface area contributed by atoms with Gasteiger partial charge in [-0.3, -0.25) is 0 Å². The summed E-state index contributed by atoms with van der Waals surface area (Å²) in [5, 5.41) is 2.20. The first kappa shape index (κ1) is 16.4. The first-order valence-corrected chi connectivity index (χ1v) is 7.65. The van der Waals surface area contributed by atoms with Gasteiger partial charge in [-0.05, 0) is 40.2 Å². The molecule has 1 atom stereocenters. The summed E-state index contributed by atoms with van der Waals surface area (Å²) < 4.78 is 51.5. The molecule has 2 nitrogen and oxygen atoms in total. The third-order valence-electron chi connectivity index (χ3n) is 2.74. The fourth-order valence-electron chi connectivity index (χ4n) is 1.83. The Hall–Kier alpha value is -0.990. The van der Waals surface area contributed by atoms with Crippen molar-refractivity contribution in [2.24, 2.45) is 0 Å². The molecule has 0 bridgehead atoms. The standard InChI is InChI=1S/C13H11BrF4N2S/c1-2-19-11(7-3-4-9(15)8(14)5-7)10-6-20-12(21-10)13(16,17)18/h3-6,11,19H,2H2,1H3. The molecule has 0 fully saturated rings. The number of nitrogens with zero attached hydrogens (tertiary/aromatic N) is 1. The number of hydrogen-bond acceptors (Lipinski definition) is 3. The molecule has 0 amide bonds. The largest absolute Gasteiger partial charge is 0.443 e. The van der Waals surface area contributed by atoms with Gasteiger partial charge in [0.1, 0.15) is 5.82 Å². The van der Waals surface area contributed by atoms with Crippen LogP contribution in [0.4, 0.5) is 17.6 Å². The quantitative estimate of drug-likeness (QED) is 0.770. The molecule has 2 rings (SSSR count). The molecule has 1 aromatic carbocycles. The number of halogens is 5. The van der Waals surface area contributed by atoms with Gasteiger partial charge in [-0.25, -0.2) is 9.37 Å². The van der Waals surface area contributed by atoms with E-state index in [0.29, 0.717) is 28.3 Å². The molecule has 114 valence electrons. The highest BCUT2D eigenvalue weighted by Crippen LogP contribution is 2.36. The Morgan fingerprint density at radius 3 is 2.62 bits per heavy atom. The summed E-state index contributed by atoms with van der Waals surface area (Å²) in [6.07, 6.45) is -3.25. The van der Waals surface area contributed by atoms with Crippen LogP contribution in [-0.4, -0.2) is 11.5 Å². The lowest BCUT2D eigenvalue weighted by molar-refractivity contribution is -0.137. The van der Waals surface area contributed by atoms with Gasteiger partial charge in [0.15, 0.2) is 5.01 Å². The summed E-state index contributed by atoms with van der Waals surface area (Å²) in [4.78, 5) is 3.86. The normalized spacial score (nSPS) is 13.4. The topological polar surface area (TPSA) is 24.9 Å². The maximum Gasteiger partial charge on any atom is 0.443 e. The second-order valence-electron chi connectivity index (χ2n) is 4.23. The van der Waals surface area contributed by atoms with Crippen molar-refractivity contribution in [3.63, 3.8) is 0 Å². The maximum atomic E-state index is 13.3. The Morgan fingerprint density at radius 1 is 1.38 bits per heavy atom. The van der Waals surface area contributed by atoms with Crippen molar-refractivity contribution >= 4 is 27.3 Å². The summed E-state index contributed by atoms with van der Waals surface area (Å²) in [6, 6.07) is 3.91. The smallest absolute Gasteiger partial charge is 0.306 e. The van der Waals surface area contributed by atoms with E-state index in [2.05, 4.69) is 26.2 Å². The fourth-order valence-corrected chi connectivity index (χ4v) is 3.11. The Bertz CT molecular complexity index is 627. The van der Waals surface area contributed by atoms with Gasteiger partial charge in [-0.15, -0.1) is 11.3 Å². The van der Waals surface area contributed by atoms with Gasteiger partial charge in [0.2, 0.25) is 0 Å². The zero-order valence-corrected chi connectivity index (χ0v) is 13.2. The van der Waals surface area contributed by atoms with Gasteiger partial charge in [0, 0.05) is 11.1 Å². The van der Waals surface area contributed by atoms with E-state index < -0.39 is 23.0 Å². The SMILES string of the molecule is CCNC(c1ccc(F)c(Br)c1)c1cnc(C(F)(F)F)s1. The van der Waals surface area contributed by atoms with Crippen LogP contribution in [-0.2, 0) is 6.18 Å². The molecule has 0 radical (unpaired) electrons. The Labute approximate surface area is 131 Å². The summed E-state index contributed by atoms with van der Waals surface area (Å²) in [5.74, 6) is -0.422. The third kappa shape index (κ3) is 3.81. The van der Waals surface area contributed by atoms with Crippen LogP contribution in [0.5, 0.6) is 0 Å². The molecule has 2 aromatic rings. The van der Waals surface area contributed by atoms with Crippen LogP contribution < -0.4 is 5.32 Å². The van der Waals surface area contributed by atoms with E-state index >= 15 is 0 Å². The lowest BCUT2D eigenvalue weighted by atomic mass is 10.1. The maximum absolute atomic E-state index is 13.3. The minimum atomic E-state index is -4.46. The summed E-state index contributed by atoms with van der Waals surface area (Å²) >= 11 is 3.67. The van der Waals surface area contributed by atoms with Crippen molar-refractivity contribution in [1.82, 2.24) is 10.3 Å². The van der Waals surface area contributed by atoms with Crippen LogP contribution in [0.2, 0.25) is 0 Å². The first-order valence-electron chi connectivity index (χ1n) is 6.04. The number of thiazole rings is 1. The second kappa shape index (κ2) is 6.41. The lowest BCUT2D eigenvalue weighted by Crippen LogP contribution is -2.21. The molecule has 0 spiro atoms. The molecule has 1 heterocycles. The second-order valence-corrected chi connectivity index (χ2v) is 6.15. The summed E-state index contributed by atoms with van der Waals surface area (Å²) in [5.41, 5.74) is 0.669. The highest BCUT2D eigenvalue weighted by Gasteiger charge is 2.35. The van der Waals surface area contributed by atoms with Crippen molar-refractivity contribution in [1.29, 1.82) is 0 Å². The monoisotopic (exact) mass is 382 g/mol. The van der Waals surface area contributed by atoms with E-state index in [4.69, 9.17) is 0 Å². The van der Waals surface area contributed by atoms with Gasteiger partial charge < -0.3 is 5.32 Å². The van der Waals surface area contributed by atoms with E-state index in [-0.39, 0.29) is 4.47 Å². The number of hydrogen-bond donors (Lipinski definition) is 1. The highest BCUT2D eigenvalue weighted by atomic mass is 79.9. The summed E-state index contributed by atoms with van der Waals surface area (Å²) in [6.45, 7) is 2.40. The molecule has 0 aliphatic carbocycles. The number of benzene rings is 1. The van der Waals surface area contributed by atoms with Crippen molar-refractivity contribution in [2.75, 3.05) is 6.54 Å². The first-order chi connectivity index (χ1) is 9.82. The van der Waals surface area contributed by atoms with Crippen molar-refractivity contribution in [2.45, 2.75) is 19.1 Å². The van der Waals surface area contributed by atoms with Gasteiger partial charge in [-0.1, -0.05) is 13.0 Å². The van der Waals surface area contributed by atoms with Crippen LogP contribution in [0, 0.1) is 5.82 Å². The minimum Gasteiger partial charge on any atom is -0.306 e. The van der Waals surface area contributed by atoms with E-state index in [1.807, 2.05) is 6.92 Å². The average Bonchev–Trinajstić information content (AvgIpc) is 2.89.